The molecule has 0 aromatic heterocycles. The third-order valence-electron chi connectivity index (χ3n) is 7.52. The molecule has 1 saturated heterocycles. The van der Waals surface area contributed by atoms with Crippen molar-refractivity contribution in [2.45, 2.75) is 52.0 Å². The first-order chi connectivity index (χ1) is 16.8. The van der Waals surface area contributed by atoms with E-state index in [1.807, 2.05) is 29.2 Å². The summed E-state index contributed by atoms with van der Waals surface area (Å²) in [5.41, 5.74) is 3.18. The van der Waals surface area contributed by atoms with Gasteiger partial charge in [0.2, 0.25) is 5.91 Å². The topological polar surface area (TPSA) is 82.2 Å². The van der Waals surface area contributed by atoms with Crippen molar-refractivity contribution < 1.29 is 19.1 Å². The Hall–Kier alpha value is -2.87. The molecule has 0 spiro atoms. The summed E-state index contributed by atoms with van der Waals surface area (Å²) in [6.07, 6.45) is 3.17. The molecule has 8 nitrogen and oxygen atoms in total. The van der Waals surface area contributed by atoms with Crippen LogP contribution < -0.4 is 5.32 Å². The third-order valence-corrected chi connectivity index (χ3v) is 7.52. The molecule has 1 saturated carbocycles. The molecule has 2 aliphatic heterocycles. The van der Waals surface area contributed by atoms with E-state index in [-0.39, 0.29) is 24.5 Å². The summed E-state index contributed by atoms with van der Waals surface area (Å²) in [4.78, 5) is 44.5. The number of esters is 1. The van der Waals surface area contributed by atoms with Gasteiger partial charge >= 0.3 is 12.0 Å². The number of carbonyl (C=O) groups excluding carboxylic acids is 3. The van der Waals surface area contributed by atoms with Crippen LogP contribution in [0.2, 0.25) is 0 Å². The Balaban J connectivity index is 1.58. The number of hydrogen-bond acceptors (Lipinski definition) is 5. The molecule has 3 amide bonds. The van der Waals surface area contributed by atoms with Crippen LogP contribution in [0.4, 0.5) is 4.79 Å². The molecule has 0 radical (unpaired) electrons. The Morgan fingerprint density at radius 2 is 1.74 bits per heavy atom. The van der Waals surface area contributed by atoms with Crippen molar-refractivity contribution >= 4 is 17.9 Å². The maximum Gasteiger partial charge on any atom is 0.338 e. The van der Waals surface area contributed by atoms with Gasteiger partial charge in [-0.2, -0.15) is 0 Å². The Labute approximate surface area is 208 Å². The Kier molecular flexibility index (Phi) is 7.79. The van der Waals surface area contributed by atoms with E-state index >= 15 is 0 Å². The first-order valence-corrected chi connectivity index (χ1v) is 12.9. The number of rotatable bonds is 7. The summed E-state index contributed by atoms with van der Waals surface area (Å²) in [5.74, 6) is 0.463. The lowest BCUT2D eigenvalue weighted by Gasteiger charge is -2.41. The highest BCUT2D eigenvalue weighted by Gasteiger charge is 2.38. The number of benzene rings is 1. The van der Waals surface area contributed by atoms with Gasteiger partial charge < -0.3 is 15.0 Å². The smallest absolute Gasteiger partial charge is 0.338 e. The van der Waals surface area contributed by atoms with Gasteiger partial charge in [-0.05, 0) is 36.8 Å². The average Bonchev–Trinajstić information content (AvgIpc) is 2.81. The molecule has 2 fully saturated rings. The van der Waals surface area contributed by atoms with Gasteiger partial charge in [-0.25, -0.2) is 9.59 Å². The van der Waals surface area contributed by atoms with E-state index in [9.17, 15) is 14.4 Å². The zero-order chi connectivity index (χ0) is 25.1. The molecule has 8 heteroatoms. The predicted molar refractivity (Wildman–Crippen MR) is 134 cm³/mol. The zero-order valence-electron chi connectivity index (χ0n) is 21.4. The average molecular weight is 483 g/mol. The minimum atomic E-state index is -0.574. The SMILES string of the molecule is CCOC(=O)C1=C(CN2CCN(C(=O)C3CCC3)CC2)N(C)C(=O)NC1c1ccc(C(C)C)cc1. The van der Waals surface area contributed by atoms with E-state index < -0.39 is 12.0 Å². The Morgan fingerprint density at radius 1 is 1.09 bits per heavy atom. The van der Waals surface area contributed by atoms with Crippen LogP contribution in [0.5, 0.6) is 0 Å². The van der Waals surface area contributed by atoms with Crippen LogP contribution in [0.1, 0.15) is 63.1 Å². The van der Waals surface area contributed by atoms with Gasteiger partial charge in [-0.1, -0.05) is 44.5 Å². The van der Waals surface area contributed by atoms with Gasteiger partial charge in [0.1, 0.15) is 0 Å². The predicted octanol–water partition coefficient (Wildman–Crippen LogP) is 3.27. The second-order valence-corrected chi connectivity index (χ2v) is 10.1. The molecule has 1 aromatic carbocycles. The monoisotopic (exact) mass is 482 g/mol. The second-order valence-electron chi connectivity index (χ2n) is 10.1. The number of nitrogens with zero attached hydrogens (tertiary/aromatic N) is 3. The normalized spacial score (nSPS) is 21.7. The van der Waals surface area contributed by atoms with Gasteiger partial charge in [-0.3, -0.25) is 14.6 Å². The van der Waals surface area contributed by atoms with Crippen molar-refractivity contribution in [3.63, 3.8) is 0 Å². The fourth-order valence-corrected chi connectivity index (χ4v) is 4.97. The van der Waals surface area contributed by atoms with Crippen LogP contribution >= 0.6 is 0 Å². The minimum Gasteiger partial charge on any atom is -0.463 e. The Morgan fingerprint density at radius 3 is 2.29 bits per heavy atom. The van der Waals surface area contributed by atoms with E-state index in [0.717, 1.165) is 24.8 Å². The van der Waals surface area contributed by atoms with Crippen molar-refractivity contribution in [1.82, 2.24) is 20.0 Å². The molecule has 1 aliphatic carbocycles. The van der Waals surface area contributed by atoms with Gasteiger partial charge in [-0.15, -0.1) is 0 Å². The Bertz CT molecular complexity index is 975. The van der Waals surface area contributed by atoms with Gasteiger partial charge in [0.15, 0.2) is 0 Å². The van der Waals surface area contributed by atoms with Crippen molar-refractivity contribution in [3.05, 3.63) is 46.7 Å². The standard InChI is InChI=1S/C27H38N4O4/c1-5-35-26(33)23-22(17-30-13-15-31(16-14-30)25(32)21-7-6-8-21)29(4)27(34)28-24(23)20-11-9-19(10-12-20)18(2)3/h9-12,18,21,24H,5-8,13-17H2,1-4H3,(H,28,34). The zero-order valence-corrected chi connectivity index (χ0v) is 21.4. The van der Waals surface area contributed by atoms with Crippen LogP contribution in [-0.2, 0) is 14.3 Å². The second kappa shape index (κ2) is 10.8. The van der Waals surface area contributed by atoms with Gasteiger partial charge in [0, 0.05) is 51.4 Å². The maximum absolute atomic E-state index is 13.2. The highest BCUT2D eigenvalue weighted by molar-refractivity contribution is 5.95. The van der Waals surface area contributed by atoms with Crippen LogP contribution in [0, 0.1) is 5.92 Å². The molecule has 4 rings (SSSR count). The first-order valence-electron chi connectivity index (χ1n) is 12.9. The van der Waals surface area contributed by atoms with Gasteiger partial charge in [0.25, 0.3) is 0 Å². The number of likely N-dealkylation sites (N-methyl/N-ethyl adjacent to an activating group) is 1. The summed E-state index contributed by atoms with van der Waals surface area (Å²) in [6.45, 7) is 9.53. The quantitative estimate of drug-likeness (QED) is 0.604. The molecule has 190 valence electrons. The number of urea groups is 1. The highest BCUT2D eigenvalue weighted by atomic mass is 16.5. The lowest BCUT2D eigenvalue weighted by molar-refractivity contribution is -0.140. The lowest BCUT2D eigenvalue weighted by Crippen LogP contribution is -2.54. The van der Waals surface area contributed by atoms with Gasteiger partial charge in [0.05, 0.1) is 18.2 Å². The number of ether oxygens (including phenoxy) is 1. The summed E-state index contributed by atoms with van der Waals surface area (Å²) >= 11 is 0. The highest BCUT2D eigenvalue weighted by Crippen LogP contribution is 2.33. The maximum atomic E-state index is 13.2. The number of amides is 3. The summed E-state index contributed by atoms with van der Waals surface area (Å²) in [7, 11) is 1.69. The largest absolute Gasteiger partial charge is 0.463 e. The van der Waals surface area contributed by atoms with E-state index in [0.29, 0.717) is 49.9 Å². The molecule has 0 bridgehead atoms. The van der Waals surface area contributed by atoms with Crippen molar-refractivity contribution in [2.24, 2.45) is 5.92 Å². The van der Waals surface area contributed by atoms with E-state index in [1.165, 1.54) is 10.5 Å². The molecule has 1 unspecified atom stereocenters. The molecule has 3 aliphatic rings. The molecule has 1 atom stereocenters. The van der Waals surface area contributed by atoms with Crippen molar-refractivity contribution in [2.75, 3.05) is 46.4 Å². The van der Waals surface area contributed by atoms with Crippen molar-refractivity contribution in [1.29, 1.82) is 0 Å². The molecule has 35 heavy (non-hydrogen) atoms. The van der Waals surface area contributed by atoms with Crippen LogP contribution in [0.15, 0.2) is 35.5 Å². The fourth-order valence-electron chi connectivity index (χ4n) is 4.97. The molecule has 2 heterocycles. The van der Waals surface area contributed by atoms with Crippen LogP contribution in [0.3, 0.4) is 0 Å². The first kappa shape index (κ1) is 25.2. The third kappa shape index (κ3) is 5.37. The fraction of sp³-hybridized carbons (Fsp3) is 0.593. The number of nitrogens with one attached hydrogen (secondary N) is 1. The molecular formula is C27H38N4O4. The van der Waals surface area contributed by atoms with E-state index in [1.54, 1.807) is 14.0 Å². The molecular weight excluding hydrogens is 444 g/mol. The van der Waals surface area contributed by atoms with Crippen LogP contribution in [0.25, 0.3) is 0 Å². The van der Waals surface area contributed by atoms with E-state index in [2.05, 4.69) is 24.1 Å². The summed E-state index contributed by atoms with van der Waals surface area (Å²) in [5, 5.41) is 2.99. The summed E-state index contributed by atoms with van der Waals surface area (Å²) in [6, 6.07) is 7.23. The number of hydrogen-bond donors (Lipinski definition) is 1. The van der Waals surface area contributed by atoms with E-state index in [4.69, 9.17) is 4.74 Å². The molecule has 1 N–H and O–H groups in total. The van der Waals surface area contributed by atoms with Crippen LogP contribution in [-0.4, -0.2) is 79.0 Å². The lowest BCUT2D eigenvalue weighted by atomic mass is 9.84. The van der Waals surface area contributed by atoms with Crippen molar-refractivity contribution in [3.8, 4) is 0 Å². The minimum absolute atomic E-state index is 0.204. The molecule has 1 aromatic rings. The summed E-state index contributed by atoms with van der Waals surface area (Å²) < 4.78 is 5.45. The number of piperazine rings is 1. The number of carbonyl (C=O) groups is 3.